The van der Waals surface area contributed by atoms with E-state index < -0.39 is 0 Å². The van der Waals surface area contributed by atoms with Gasteiger partial charge in [0.2, 0.25) is 0 Å². The average molecular weight is 186 g/mol. The first kappa shape index (κ1) is 7.45. The van der Waals surface area contributed by atoms with Crippen LogP contribution in [0.3, 0.4) is 0 Å². The Hall–Kier alpha value is -0.950. The smallest absolute Gasteiger partial charge is 0.0492 e. The number of fused-ring (bicyclic) bond motifs is 2. The predicted molar refractivity (Wildman–Crippen MR) is 58.8 cm³/mol. The zero-order valence-corrected chi connectivity index (χ0v) is 8.00. The third-order valence-electron chi connectivity index (χ3n) is 2.59. The van der Waals surface area contributed by atoms with Crippen molar-refractivity contribution in [2.75, 3.05) is 0 Å². The summed E-state index contributed by atoms with van der Waals surface area (Å²) >= 11 is 2.03. The minimum Gasteiger partial charge on any atom is -0.137 e. The lowest BCUT2D eigenvalue weighted by molar-refractivity contribution is 1.24. The quantitative estimate of drug-likeness (QED) is 0.560. The van der Waals surface area contributed by atoms with Gasteiger partial charge >= 0.3 is 0 Å². The number of hydrogen-bond donors (Lipinski definition) is 0. The number of hydrogen-bond acceptors (Lipinski definition) is 1. The van der Waals surface area contributed by atoms with Gasteiger partial charge < -0.3 is 0 Å². The Kier molecular flexibility index (Phi) is 1.59. The fourth-order valence-electron chi connectivity index (χ4n) is 1.96. The van der Waals surface area contributed by atoms with Crippen LogP contribution in [-0.4, -0.2) is 10.5 Å². The fourth-order valence-corrected chi connectivity index (χ4v) is 3.36. The number of thioether (sulfide) groups is 1. The summed E-state index contributed by atoms with van der Waals surface area (Å²) in [5.41, 5.74) is 3.00. The maximum Gasteiger partial charge on any atom is 0.0492 e. The SMILES string of the molecule is C1=CC2=C3C=CC=CC3SC2C=C1. The van der Waals surface area contributed by atoms with E-state index in [1.807, 2.05) is 11.8 Å². The summed E-state index contributed by atoms with van der Waals surface area (Å²) in [6.07, 6.45) is 17.6. The molecule has 1 aliphatic heterocycles. The highest BCUT2D eigenvalue weighted by atomic mass is 32.2. The van der Waals surface area contributed by atoms with Crippen LogP contribution in [0.2, 0.25) is 0 Å². The molecule has 0 aromatic rings. The van der Waals surface area contributed by atoms with Crippen molar-refractivity contribution in [3.05, 3.63) is 59.8 Å². The van der Waals surface area contributed by atoms with E-state index in [0.29, 0.717) is 10.5 Å². The zero-order chi connectivity index (χ0) is 8.67. The lowest BCUT2D eigenvalue weighted by Crippen LogP contribution is -1.98. The van der Waals surface area contributed by atoms with E-state index in [2.05, 4.69) is 48.6 Å². The van der Waals surface area contributed by atoms with Gasteiger partial charge in [-0.05, 0) is 11.1 Å². The average Bonchev–Trinajstić information content (AvgIpc) is 2.56. The Morgan fingerprint density at radius 1 is 0.769 bits per heavy atom. The zero-order valence-electron chi connectivity index (χ0n) is 7.18. The summed E-state index contributed by atoms with van der Waals surface area (Å²) in [6.45, 7) is 0. The molecule has 0 saturated heterocycles. The molecule has 2 aliphatic carbocycles. The standard InChI is InChI=1S/C12H10S/c1-3-7-11-9(5-1)10-6-2-4-8-12(10)13-11/h1-8,11-12H. The maximum atomic E-state index is 2.28. The van der Waals surface area contributed by atoms with Gasteiger partial charge in [-0.25, -0.2) is 0 Å². The van der Waals surface area contributed by atoms with Gasteiger partial charge in [-0.15, -0.1) is 11.8 Å². The Bertz CT molecular complexity index is 344. The first-order valence-electron chi connectivity index (χ1n) is 4.54. The molecule has 0 fully saturated rings. The summed E-state index contributed by atoms with van der Waals surface area (Å²) in [5, 5.41) is 1.19. The molecule has 0 nitrogen and oxygen atoms in total. The van der Waals surface area contributed by atoms with Crippen molar-refractivity contribution >= 4 is 11.8 Å². The van der Waals surface area contributed by atoms with Crippen LogP contribution in [0.5, 0.6) is 0 Å². The Morgan fingerprint density at radius 2 is 1.31 bits per heavy atom. The fraction of sp³-hybridized carbons (Fsp3) is 0.167. The molecule has 0 bridgehead atoms. The second-order valence-corrected chi connectivity index (χ2v) is 4.66. The third-order valence-corrected chi connectivity index (χ3v) is 3.99. The van der Waals surface area contributed by atoms with Gasteiger partial charge in [-0.2, -0.15) is 0 Å². The highest BCUT2D eigenvalue weighted by Crippen LogP contribution is 2.43. The van der Waals surface area contributed by atoms with E-state index in [1.165, 1.54) is 11.1 Å². The number of allylic oxidation sites excluding steroid dienone is 6. The summed E-state index contributed by atoms with van der Waals surface area (Å²) in [7, 11) is 0. The van der Waals surface area contributed by atoms with Crippen LogP contribution in [0.1, 0.15) is 0 Å². The van der Waals surface area contributed by atoms with Gasteiger partial charge in [-0.1, -0.05) is 48.6 Å². The summed E-state index contributed by atoms with van der Waals surface area (Å²) in [4.78, 5) is 0. The van der Waals surface area contributed by atoms with Gasteiger partial charge in [0.05, 0.1) is 0 Å². The molecule has 0 aromatic carbocycles. The summed E-state index contributed by atoms with van der Waals surface area (Å²) in [5.74, 6) is 0. The van der Waals surface area contributed by atoms with Crippen molar-refractivity contribution < 1.29 is 0 Å². The molecule has 3 aliphatic rings. The van der Waals surface area contributed by atoms with Crippen LogP contribution in [-0.2, 0) is 0 Å². The van der Waals surface area contributed by atoms with Gasteiger partial charge in [0.1, 0.15) is 0 Å². The molecule has 0 radical (unpaired) electrons. The van der Waals surface area contributed by atoms with Crippen molar-refractivity contribution in [3.63, 3.8) is 0 Å². The molecular formula is C12H10S. The molecule has 1 heterocycles. The summed E-state index contributed by atoms with van der Waals surface area (Å²) in [6, 6.07) is 0. The first-order valence-corrected chi connectivity index (χ1v) is 5.49. The van der Waals surface area contributed by atoms with E-state index in [1.54, 1.807) is 0 Å². The van der Waals surface area contributed by atoms with Gasteiger partial charge in [0.15, 0.2) is 0 Å². The van der Waals surface area contributed by atoms with E-state index in [-0.39, 0.29) is 0 Å². The predicted octanol–water partition coefficient (Wildman–Crippen LogP) is 3.02. The van der Waals surface area contributed by atoms with Gasteiger partial charge in [0.25, 0.3) is 0 Å². The van der Waals surface area contributed by atoms with Crippen molar-refractivity contribution in [3.8, 4) is 0 Å². The van der Waals surface area contributed by atoms with Gasteiger partial charge in [-0.3, -0.25) is 0 Å². The van der Waals surface area contributed by atoms with Crippen molar-refractivity contribution in [2.24, 2.45) is 0 Å². The van der Waals surface area contributed by atoms with E-state index in [9.17, 15) is 0 Å². The molecule has 0 spiro atoms. The van der Waals surface area contributed by atoms with Crippen molar-refractivity contribution in [1.29, 1.82) is 0 Å². The Labute approximate surface area is 82.4 Å². The largest absolute Gasteiger partial charge is 0.137 e. The molecular weight excluding hydrogens is 176 g/mol. The minimum absolute atomic E-state index is 0.595. The van der Waals surface area contributed by atoms with Crippen LogP contribution in [0.15, 0.2) is 59.8 Å². The van der Waals surface area contributed by atoms with E-state index in [4.69, 9.17) is 0 Å². The van der Waals surface area contributed by atoms with Crippen LogP contribution in [0.4, 0.5) is 0 Å². The highest BCUT2D eigenvalue weighted by Gasteiger charge is 2.29. The van der Waals surface area contributed by atoms with Crippen LogP contribution in [0.25, 0.3) is 0 Å². The van der Waals surface area contributed by atoms with Crippen LogP contribution < -0.4 is 0 Å². The Morgan fingerprint density at radius 3 is 1.85 bits per heavy atom. The van der Waals surface area contributed by atoms with Crippen molar-refractivity contribution in [1.82, 2.24) is 0 Å². The normalized spacial score (nSPS) is 33.8. The molecule has 2 unspecified atom stereocenters. The molecule has 3 rings (SSSR count). The third kappa shape index (κ3) is 1.07. The second kappa shape index (κ2) is 2.78. The van der Waals surface area contributed by atoms with Crippen LogP contribution >= 0.6 is 11.8 Å². The molecule has 0 amide bonds. The molecule has 13 heavy (non-hydrogen) atoms. The highest BCUT2D eigenvalue weighted by molar-refractivity contribution is 8.01. The molecule has 1 heteroatoms. The monoisotopic (exact) mass is 186 g/mol. The molecule has 0 saturated carbocycles. The lowest BCUT2D eigenvalue weighted by atomic mass is 9.96. The van der Waals surface area contributed by atoms with Crippen molar-refractivity contribution in [2.45, 2.75) is 10.5 Å². The minimum atomic E-state index is 0.595. The lowest BCUT2D eigenvalue weighted by Gasteiger charge is -2.09. The Balaban J connectivity index is 2.11. The molecule has 64 valence electrons. The molecule has 0 N–H and O–H groups in total. The first-order chi connectivity index (χ1) is 6.45. The topological polar surface area (TPSA) is 0 Å². The number of rotatable bonds is 0. The van der Waals surface area contributed by atoms with E-state index in [0.717, 1.165) is 0 Å². The van der Waals surface area contributed by atoms with E-state index >= 15 is 0 Å². The molecule has 0 aromatic heterocycles. The van der Waals surface area contributed by atoms with Crippen LogP contribution in [0, 0.1) is 0 Å². The molecule has 2 atom stereocenters. The summed E-state index contributed by atoms with van der Waals surface area (Å²) < 4.78 is 0. The van der Waals surface area contributed by atoms with Gasteiger partial charge in [0, 0.05) is 10.5 Å². The second-order valence-electron chi connectivity index (χ2n) is 3.38. The maximum absolute atomic E-state index is 2.28.